The van der Waals surface area contributed by atoms with E-state index in [2.05, 4.69) is 5.32 Å². The highest BCUT2D eigenvalue weighted by Gasteiger charge is 2.32. The molecular weight excluding hydrogens is 434 g/mol. The van der Waals surface area contributed by atoms with Crippen molar-refractivity contribution in [1.29, 1.82) is 0 Å². The minimum absolute atomic E-state index is 0.0666. The lowest BCUT2D eigenvalue weighted by Gasteiger charge is -2.23. The van der Waals surface area contributed by atoms with E-state index in [1.807, 2.05) is 55.4 Å². The molecule has 1 aliphatic heterocycles. The first kappa shape index (κ1) is 23.1. The summed E-state index contributed by atoms with van der Waals surface area (Å²) in [7, 11) is 5.46. The third kappa shape index (κ3) is 5.96. The number of likely N-dealkylation sites (N-methyl/N-ethyl adjacent to an activating group) is 1. The van der Waals surface area contributed by atoms with Crippen LogP contribution in [0.25, 0.3) is 6.08 Å². The molecule has 3 rings (SSSR count). The Morgan fingerprint density at radius 3 is 2.68 bits per heavy atom. The number of carbonyl (C=O) groups is 2. The molecule has 0 aliphatic carbocycles. The molecule has 0 saturated carbocycles. The first-order valence-corrected chi connectivity index (χ1v) is 11.0. The number of thioether (sulfide) groups is 1. The van der Waals surface area contributed by atoms with Gasteiger partial charge in [-0.2, -0.15) is 0 Å². The van der Waals surface area contributed by atoms with Crippen LogP contribution in [0.2, 0.25) is 0 Å². The van der Waals surface area contributed by atoms with Crippen molar-refractivity contribution in [1.82, 2.24) is 15.1 Å². The lowest BCUT2D eigenvalue weighted by atomic mass is 10.2. The molecule has 0 spiro atoms. The topological polar surface area (TPSA) is 75.0 Å². The second-order valence-electron chi connectivity index (χ2n) is 7.16. The predicted molar refractivity (Wildman–Crippen MR) is 126 cm³/mol. The number of nitrogens with zero attached hydrogens (tertiary/aromatic N) is 2. The second kappa shape index (κ2) is 10.6. The standard InChI is InChI=1S/C22H25N3O4S2/c1-24(2)17(18-5-4-12-29-18)14-23-20(26)10-11-25-21(27)19(31-22(25)30)13-15-6-8-16(28-3)9-7-15/h4-9,12-13,17H,10-11,14H2,1-3H3,(H,23,26)/b19-13-. The lowest BCUT2D eigenvalue weighted by Crippen LogP contribution is -2.37. The third-order valence-corrected chi connectivity index (χ3v) is 6.21. The highest BCUT2D eigenvalue weighted by molar-refractivity contribution is 8.26. The van der Waals surface area contributed by atoms with Crippen LogP contribution in [0.15, 0.2) is 52.0 Å². The maximum atomic E-state index is 12.7. The molecule has 1 aliphatic rings. The van der Waals surface area contributed by atoms with Gasteiger partial charge in [-0.15, -0.1) is 0 Å². The van der Waals surface area contributed by atoms with Crippen molar-refractivity contribution in [3.8, 4) is 5.75 Å². The fraction of sp³-hybridized carbons (Fsp3) is 0.318. The molecular formula is C22H25N3O4S2. The zero-order valence-corrected chi connectivity index (χ0v) is 19.3. The number of benzene rings is 1. The number of hydrogen-bond donors (Lipinski definition) is 1. The molecule has 2 heterocycles. The molecule has 0 radical (unpaired) electrons. The van der Waals surface area contributed by atoms with Crippen LogP contribution in [0.4, 0.5) is 0 Å². The average molecular weight is 460 g/mol. The summed E-state index contributed by atoms with van der Waals surface area (Å²) in [6.45, 7) is 0.652. The quantitative estimate of drug-likeness (QED) is 0.456. The van der Waals surface area contributed by atoms with E-state index in [1.54, 1.807) is 19.4 Å². The van der Waals surface area contributed by atoms with E-state index < -0.39 is 0 Å². The molecule has 2 amide bonds. The van der Waals surface area contributed by atoms with Crippen molar-refractivity contribution in [2.24, 2.45) is 0 Å². The molecule has 7 nitrogen and oxygen atoms in total. The summed E-state index contributed by atoms with van der Waals surface area (Å²) in [6.07, 6.45) is 3.58. The maximum Gasteiger partial charge on any atom is 0.266 e. The van der Waals surface area contributed by atoms with Gasteiger partial charge >= 0.3 is 0 Å². The summed E-state index contributed by atoms with van der Waals surface area (Å²) in [6, 6.07) is 11.1. The van der Waals surface area contributed by atoms with Crippen molar-refractivity contribution in [3.05, 3.63) is 58.9 Å². The number of carbonyl (C=O) groups excluding carboxylic acids is 2. The van der Waals surface area contributed by atoms with E-state index in [9.17, 15) is 9.59 Å². The van der Waals surface area contributed by atoms with Gasteiger partial charge in [-0.1, -0.05) is 36.1 Å². The van der Waals surface area contributed by atoms with E-state index in [0.717, 1.165) is 17.1 Å². The molecule has 1 N–H and O–H groups in total. The number of ether oxygens (including phenoxy) is 1. The molecule has 2 aromatic rings. The Bertz CT molecular complexity index is 956. The number of nitrogens with one attached hydrogen (secondary N) is 1. The first-order valence-electron chi connectivity index (χ1n) is 9.75. The van der Waals surface area contributed by atoms with E-state index >= 15 is 0 Å². The van der Waals surface area contributed by atoms with Gasteiger partial charge in [0.05, 0.1) is 24.3 Å². The van der Waals surface area contributed by atoms with Gasteiger partial charge in [-0.25, -0.2) is 0 Å². The van der Waals surface area contributed by atoms with E-state index in [4.69, 9.17) is 21.4 Å². The molecule has 1 aromatic carbocycles. The minimum Gasteiger partial charge on any atom is -0.497 e. The molecule has 9 heteroatoms. The van der Waals surface area contributed by atoms with Gasteiger partial charge in [-0.05, 0) is 50.0 Å². The Morgan fingerprint density at radius 1 is 1.32 bits per heavy atom. The van der Waals surface area contributed by atoms with Gasteiger partial charge in [0, 0.05) is 19.5 Å². The third-order valence-electron chi connectivity index (χ3n) is 4.84. The Balaban J connectivity index is 1.53. The monoisotopic (exact) mass is 459 g/mol. The summed E-state index contributed by atoms with van der Waals surface area (Å²) in [5.74, 6) is 1.21. The first-order chi connectivity index (χ1) is 14.9. The molecule has 1 aromatic heterocycles. The van der Waals surface area contributed by atoms with Crippen LogP contribution in [0, 0.1) is 0 Å². The number of hydrogen-bond acceptors (Lipinski definition) is 7. The zero-order chi connectivity index (χ0) is 22.4. The SMILES string of the molecule is COc1ccc(/C=C2\SC(=S)N(CCC(=O)NCC(c3ccco3)N(C)C)C2=O)cc1. The average Bonchev–Trinajstić information content (AvgIpc) is 3.36. The van der Waals surface area contributed by atoms with Gasteiger partial charge in [0.15, 0.2) is 0 Å². The van der Waals surface area contributed by atoms with Crippen molar-refractivity contribution in [2.75, 3.05) is 34.3 Å². The Kier molecular flexibility index (Phi) is 7.89. The van der Waals surface area contributed by atoms with Crippen molar-refractivity contribution >= 4 is 46.2 Å². The molecule has 1 atom stereocenters. The molecule has 0 bridgehead atoms. The van der Waals surface area contributed by atoms with Crippen LogP contribution < -0.4 is 10.1 Å². The summed E-state index contributed by atoms with van der Waals surface area (Å²) in [5, 5.41) is 2.91. The predicted octanol–water partition coefficient (Wildman–Crippen LogP) is 3.30. The summed E-state index contributed by atoms with van der Waals surface area (Å²) in [5.41, 5.74) is 0.881. The van der Waals surface area contributed by atoms with Gasteiger partial charge in [0.1, 0.15) is 15.8 Å². The van der Waals surface area contributed by atoms with E-state index in [-0.39, 0.29) is 30.8 Å². The number of furan rings is 1. The molecule has 1 unspecified atom stereocenters. The van der Waals surface area contributed by atoms with Crippen LogP contribution in [0.1, 0.15) is 23.8 Å². The van der Waals surface area contributed by atoms with Crippen LogP contribution in [0.5, 0.6) is 5.75 Å². The summed E-state index contributed by atoms with van der Waals surface area (Å²) in [4.78, 5) is 29.1. The molecule has 164 valence electrons. The lowest BCUT2D eigenvalue weighted by molar-refractivity contribution is -0.124. The Hall–Kier alpha value is -2.62. The number of amides is 2. The smallest absolute Gasteiger partial charge is 0.266 e. The highest BCUT2D eigenvalue weighted by atomic mass is 32.2. The second-order valence-corrected chi connectivity index (χ2v) is 8.83. The number of methoxy groups -OCH3 is 1. The molecule has 1 fully saturated rings. The number of rotatable bonds is 9. The fourth-order valence-corrected chi connectivity index (χ4v) is 4.38. The van der Waals surface area contributed by atoms with Gasteiger partial charge in [0.2, 0.25) is 5.91 Å². The van der Waals surface area contributed by atoms with Crippen molar-refractivity contribution in [2.45, 2.75) is 12.5 Å². The summed E-state index contributed by atoms with van der Waals surface area (Å²) < 4.78 is 11.1. The minimum atomic E-state index is -0.180. The van der Waals surface area contributed by atoms with Crippen LogP contribution in [-0.2, 0) is 9.59 Å². The largest absolute Gasteiger partial charge is 0.497 e. The Labute approximate surface area is 191 Å². The van der Waals surface area contributed by atoms with Gasteiger partial charge in [-0.3, -0.25) is 19.4 Å². The van der Waals surface area contributed by atoms with E-state index in [0.29, 0.717) is 15.8 Å². The van der Waals surface area contributed by atoms with Crippen LogP contribution in [-0.4, -0.2) is 60.2 Å². The highest BCUT2D eigenvalue weighted by Crippen LogP contribution is 2.32. The van der Waals surface area contributed by atoms with Gasteiger partial charge in [0.25, 0.3) is 5.91 Å². The Morgan fingerprint density at radius 2 is 2.06 bits per heavy atom. The summed E-state index contributed by atoms with van der Waals surface area (Å²) >= 11 is 6.60. The normalized spacial score (nSPS) is 16.3. The molecule has 31 heavy (non-hydrogen) atoms. The van der Waals surface area contributed by atoms with Crippen molar-refractivity contribution in [3.63, 3.8) is 0 Å². The fourth-order valence-electron chi connectivity index (χ4n) is 3.08. The molecule has 1 saturated heterocycles. The van der Waals surface area contributed by atoms with E-state index in [1.165, 1.54) is 16.7 Å². The number of thiocarbonyl (C=S) groups is 1. The van der Waals surface area contributed by atoms with Crippen LogP contribution >= 0.6 is 24.0 Å². The zero-order valence-electron chi connectivity index (χ0n) is 17.7. The van der Waals surface area contributed by atoms with Crippen LogP contribution in [0.3, 0.4) is 0 Å². The van der Waals surface area contributed by atoms with Gasteiger partial charge < -0.3 is 14.5 Å². The maximum absolute atomic E-state index is 12.7. The van der Waals surface area contributed by atoms with Crippen molar-refractivity contribution < 1.29 is 18.7 Å².